The van der Waals surface area contributed by atoms with Crippen LogP contribution in [-0.2, 0) is 0 Å². The largest absolute Gasteiger partial charge is 0.397 e. The van der Waals surface area contributed by atoms with Crippen molar-refractivity contribution in [3.05, 3.63) is 36.4 Å². The molecular weight excluding hydrogens is 715 g/mol. The molecule has 0 bridgehead atoms. The van der Waals surface area contributed by atoms with Crippen LogP contribution in [0.1, 0.15) is 163 Å². The molecule has 58 heavy (non-hydrogen) atoms. The lowest BCUT2D eigenvalue weighted by molar-refractivity contribution is 0.473. The second-order valence-corrected chi connectivity index (χ2v) is 17.1. The number of anilines is 8. The van der Waals surface area contributed by atoms with Crippen molar-refractivity contribution in [1.29, 1.82) is 0 Å². The fourth-order valence-corrected chi connectivity index (χ4v) is 8.64. The minimum atomic E-state index is 0.416. The Hall–Kier alpha value is -3.72. The summed E-state index contributed by atoms with van der Waals surface area (Å²) >= 11 is 0. The first kappa shape index (κ1) is 47.0. The zero-order chi connectivity index (χ0) is 41.5. The normalized spacial score (nSPS) is 13.5. The predicted octanol–water partition coefficient (Wildman–Crippen LogP) is 13.4. The molecule has 1 saturated carbocycles. The first-order chi connectivity index (χ1) is 28.4. The van der Waals surface area contributed by atoms with Crippen LogP contribution in [-0.4, -0.2) is 46.3 Å². The van der Waals surface area contributed by atoms with Crippen molar-refractivity contribution in [3.63, 3.8) is 0 Å². The lowest BCUT2D eigenvalue weighted by atomic mass is 9.96. The number of hydrogen-bond donors (Lipinski definition) is 7. The van der Waals surface area contributed by atoms with Gasteiger partial charge in [-0.15, -0.1) is 0 Å². The van der Waals surface area contributed by atoms with Gasteiger partial charge in [0.05, 0.1) is 39.8 Å². The minimum absolute atomic E-state index is 0.416. The summed E-state index contributed by atoms with van der Waals surface area (Å²) in [5, 5.41) is 20.6. The molecule has 0 amide bonds. The Morgan fingerprint density at radius 2 is 1.33 bits per heavy atom. The van der Waals surface area contributed by atoms with Crippen molar-refractivity contribution in [2.24, 2.45) is 5.92 Å². The van der Waals surface area contributed by atoms with Gasteiger partial charge in [-0.2, -0.15) is 0 Å². The van der Waals surface area contributed by atoms with E-state index in [0.717, 1.165) is 91.4 Å². The van der Waals surface area contributed by atoms with Crippen LogP contribution >= 0.6 is 0 Å². The van der Waals surface area contributed by atoms with Crippen molar-refractivity contribution in [1.82, 2.24) is 5.43 Å². The van der Waals surface area contributed by atoms with Gasteiger partial charge >= 0.3 is 0 Å². The summed E-state index contributed by atoms with van der Waals surface area (Å²) in [6, 6.07) is 13.3. The number of para-hydroxylation sites is 1. The molecular formula is C49H85N9. The predicted molar refractivity (Wildman–Crippen MR) is 260 cm³/mol. The van der Waals surface area contributed by atoms with Crippen LogP contribution in [0.15, 0.2) is 36.4 Å². The molecule has 0 heterocycles. The number of fused-ring (bicyclic) bond motifs is 1. The SMILES string of the molecule is CCCCCCCCCCCCNN(Nc1ccccc1)c1c(NCC(CC)CCCC)c(NC2CCCC2)c(NCCCC)c2c(N(C)C)c(NCC)c(N)cc12. The van der Waals surface area contributed by atoms with Crippen molar-refractivity contribution >= 4 is 56.3 Å². The standard InChI is InChI=1S/C49H85N9/c1-8-13-16-17-18-19-20-21-22-28-35-54-58(56-40-32-24-23-25-33-40)48-41-36-42(50)44(51-12-5)49(57(6)7)43(41)45(52-34-15-10-3)46(55-39-30-26-27-31-39)47(48)53-37-38(11-4)29-14-9-2/h23-25,32-33,36,38-39,51-56H,8-22,26-31,34-35,37,50H2,1-7H3. The number of nitrogen functional groups attached to an aromatic ring is 1. The topological polar surface area (TPSA) is 105 Å². The van der Waals surface area contributed by atoms with Crippen molar-refractivity contribution < 1.29 is 0 Å². The number of nitrogens with two attached hydrogens (primary N) is 1. The summed E-state index contributed by atoms with van der Waals surface area (Å²) in [5.41, 5.74) is 23.4. The van der Waals surface area contributed by atoms with E-state index in [2.05, 4.69) is 127 Å². The Kier molecular flexibility index (Phi) is 21.4. The molecule has 0 spiro atoms. The molecule has 9 nitrogen and oxygen atoms in total. The van der Waals surface area contributed by atoms with E-state index in [9.17, 15) is 0 Å². The van der Waals surface area contributed by atoms with E-state index in [1.165, 1.54) is 119 Å². The molecule has 1 fully saturated rings. The van der Waals surface area contributed by atoms with E-state index >= 15 is 0 Å². The van der Waals surface area contributed by atoms with Crippen molar-refractivity contribution in [3.8, 4) is 0 Å². The number of unbranched alkanes of at least 4 members (excludes halogenated alkanes) is 11. The zero-order valence-corrected chi connectivity index (χ0v) is 38.1. The van der Waals surface area contributed by atoms with E-state index < -0.39 is 0 Å². The molecule has 3 aromatic carbocycles. The Morgan fingerprint density at radius 3 is 1.95 bits per heavy atom. The number of nitrogens with one attached hydrogen (secondary N) is 6. The number of hydrogen-bond acceptors (Lipinski definition) is 9. The summed E-state index contributed by atoms with van der Waals surface area (Å²) in [6.07, 6.45) is 25.1. The number of hydrazine groups is 2. The number of rotatable bonds is 31. The van der Waals surface area contributed by atoms with Gasteiger partial charge in [0.25, 0.3) is 0 Å². The third kappa shape index (κ3) is 13.9. The van der Waals surface area contributed by atoms with E-state index in [4.69, 9.17) is 5.73 Å². The first-order valence-electron chi connectivity index (χ1n) is 23.8. The molecule has 3 aromatic rings. The highest BCUT2D eigenvalue weighted by atomic mass is 15.7. The third-order valence-electron chi connectivity index (χ3n) is 12.1. The molecule has 1 aliphatic rings. The second kappa shape index (κ2) is 26.4. The summed E-state index contributed by atoms with van der Waals surface area (Å²) in [7, 11) is 4.31. The Bertz CT molecular complexity index is 1570. The molecule has 4 rings (SSSR count). The van der Waals surface area contributed by atoms with Gasteiger partial charge in [0.15, 0.2) is 0 Å². The van der Waals surface area contributed by atoms with Crippen molar-refractivity contribution in [2.75, 3.05) is 82.7 Å². The lowest BCUT2D eigenvalue weighted by Gasteiger charge is -2.35. The van der Waals surface area contributed by atoms with Crippen LogP contribution in [0.5, 0.6) is 0 Å². The van der Waals surface area contributed by atoms with Crippen LogP contribution in [0.4, 0.5) is 45.5 Å². The van der Waals surface area contributed by atoms with E-state index in [1.54, 1.807) is 0 Å². The molecule has 9 heteroatoms. The Morgan fingerprint density at radius 1 is 0.672 bits per heavy atom. The minimum Gasteiger partial charge on any atom is -0.397 e. The highest BCUT2D eigenvalue weighted by Crippen LogP contribution is 2.53. The van der Waals surface area contributed by atoms with Crippen LogP contribution in [0.25, 0.3) is 10.8 Å². The highest BCUT2D eigenvalue weighted by molar-refractivity contribution is 6.22. The molecule has 0 aliphatic heterocycles. The van der Waals surface area contributed by atoms with Gasteiger partial charge in [0, 0.05) is 57.1 Å². The maximum Gasteiger partial charge on any atom is 0.109 e. The Balaban J connectivity index is 1.92. The summed E-state index contributed by atoms with van der Waals surface area (Å²) in [4.78, 5) is 2.25. The Labute approximate surface area is 354 Å². The second-order valence-electron chi connectivity index (χ2n) is 17.1. The summed E-state index contributed by atoms with van der Waals surface area (Å²) < 4.78 is 0. The molecule has 0 aromatic heterocycles. The molecule has 0 radical (unpaired) electrons. The van der Waals surface area contributed by atoms with Gasteiger partial charge < -0.3 is 31.9 Å². The van der Waals surface area contributed by atoms with Gasteiger partial charge in [-0.1, -0.05) is 142 Å². The van der Waals surface area contributed by atoms with Gasteiger partial charge in [0.1, 0.15) is 5.69 Å². The third-order valence-corrected chi connectivity index (χ3v) is 12.1. The molecule has 1 aliphatic carbocycles. The fourth-order valence-electron chi connectivity index (χ4n) is 8.64. The average Bonchev–Trinajstić information content (AvgIpc) is 3.74. The van der Waals surface area contributed by atoms with Gasteiger partial charge in [-0.05, 0) is 63.1 Å². The number of nitrogens with zero attached hydrogens (tertiary/aromatic N) is 2. The average molecular weight is 800 g/mol. The fraction of sp³-hybridized carbons (Fsp3) is 0.673. The molecule has 326 valence electrons. The quantitative estimate of drug-likeness (QED) is 0.0195. The first-order valence-corrected chi connectivity index (χ1v) is 23.8. The highest BCUT2D eigenvalue weighted by Gasteiger charge is 2.30. The van der Waals surface area contributed by atoms with Crippen LogP contribution < -0.4 is 47.9 Å². The van der Waals surface area contributed by atoms with Crippen LogP contribution in [0.3, 0.4) is 0 Å². The number of benzene rings is 3. The molecule has 1 unspecified atom stereocenters. The van der Waals surface area contributed by atoms with Crippen LogP contribution in [0, 0.1) is 5.92 Å². The van der Waals surface area contributed by atoms with Gasteiger partial charge in [-0.25, -0.2) is 10.5 Å². The molecule has 8 N–H and O–H groups in total. The lowest BCUT2D eigenvalue weighted by Crippen LogP contribution is -2.44. The smallest absolute Gasteiger partial charge is 0.109 e. The maximum atomic E-state index is 7.13. The van der Waals surface area contributed by atoms with E-state index in [1.807, 2.05) is 0 Å². The molecule has 1 atom stereocenters. The maximum absolute atomic E-state index is 7.13. The summed E-state index contributed by atoms with van der Waals surface area (Å²) in [5.74, 6) is 0.577. The zero-order valence-electron chi connectivity index (χ0n) is 38.1. The van der Waals surface area contributed by atoms with E-state index in [-0.39, 0.29) is 0 Å². The van der Waals surface area contributed by atoms with Gasteiger partial charge in [0.2, 0.25) is 0 Å². The molecule has 0 saturated heterocycles. The monoisotopic (exact) mass is 800 g/mol. The van der Waals surface area contributed by atoms with Gasteiger partial charge in [-0.3, -0.25) is 5.43 Å². The van der Waals surface area contributed by atoms with Crippen molar-refractivity contribution in [2.45, 2.75) is 169 Å². The summed E-state index contributed by atoms with van der Waals surface area (Å²) in [6.45, 7) is 14.8. The van der Waals surface area contributed by atoms with Crippen LogP contribution in [0.2, 0.25) is 0 Å². The van der Waals surface area contributed by atoms with E-state index in [0.29, 0.717) is 12.0 Å².